The topological polar surface area (TPSA) is 0 Å². The highest BCUT2D eigenvalue weighted by Crippen LogP contribution is 2.49. The molecular weight excluding hydrogens is 1280 g/mol. The second-order valence-electron chi connectivity index (χ2n) is 39.3. The highest BCUT2D eigenvalue weighted by Gasteiger charge is 2.49. The van der Waals surface area contributed by atoms with Crippen LogP contribution in [0.2, 0.25) is 236 Å². The molecule has 0 nitrogen and oxygen atoms in total. The molecule has 5 aromatic carbocycles. The molecule has 0 saturated carbocycles. The molecule has 0 unspecified atom stereocenters. The van der Waals surface area contributed by atoms with Crippen molar-refractivity contribution in [3.8, 4) is 0 Å². The van der Waals surface area contributed by atoms with Crippen LogP contribution in [-0.2, 0) is 0 Å². The first-order valence-corrected chi connectivity index (χ1v) is 80.4. The first kappa shape index (κ1) is 75.1. The van der Waals surface area contributed by atoms with Crippen molar-refractivity contribution < 1.29 is 0 Å². The Morgan fingerprint density at radius 2 is 0.345 bits per heavy atom. The van der Waals surface area contributed by atoms with E-state index in [0.29, 0.717) is 31.0 Å². The van der Waals surface area contributed by atoms with Crippen molar-refractivity contribution in [3.05, 3.63) is 106 Å². The van der Waals surface area contributed by atoms with Gasteiger partial charge < -0.3 is 0 Å². The fourth-order valence-electron chi connectivity index (χ4n) is 18.9. The third kappa shape index (κ3) is 17.6. The summed E-state index contributed by atoms with van der Waals surface area (Å²) in [5.74, 6) is 0. The largest absolute Gasteiger partial charge is 0.0693 e. The Bertz CT molecular complexity index is 2760. The first-order chi connectivity index (χ1) is 37.3. The molecule has 0 spiro atoms. The van der Waals surface area contributed by atoms with Gasteiger partial charge in [-0.3, -0.25) is 0 Å². The average molecular weight is 1400 g/mol. The molecular formula is C68H126P4Si12. The maximum atomic E-state index is 2.93. The zero-order valence-corrected chi connectivity index (χ0v) is 76.8. The van der Waals surface area contributed by atoms with Gasteiger partial charge in [0.2, 0.25) is 0 Å². The van der Waals surface area contributed by atoms with Gasteiger partial charge in [-0.2, -0.15) is 0 Å². The summed E-state index contributed by atoms with van der Waals surface area (Å²) in [6, 6.07) is 31.3. The summed E-state index contributed by atoms with van der Waals surface area (Å²) in [5, 5.41) is 16.6. The third-order valence-corrected chi connectivity index (χ3v) is 79.8. The monoisotopic (exact) mass is 1400 g/mol. The molecule has 0 atom stereocenters. The van der Waals surface area contributed by atoms with Crippen molar-refractivity contribution in [2.75, 3.05) is 0 Å². The molecule has 0 aliphatic rings. The molecule has 0 aliphatic carbocycles. The van der Waals surface area contributed by atoms with Gasteiger partial charge in [0, 0.05) is 118 Å². The van der Waals surface area contributed by atoms with Gasteiger partial charge in [-0.25, -0.2) is 0 Å². The standard InChI is InChI=1S/C68H126P4Si12/c1-73(2,3)63(74(4,5)6)49-45-55(65(77(13,14)15)78(16,17)18)61(56(46-49)66(79(19,20)21)80(22,23)24)71-69-59-51-41-37-39-43-53(51)60(54-44-40-38-42-52(54)59)70-72-62-57(67(81(25,26)27)82(28,29)30)47-50(64(75(7,8)9)76(10,11)12)48-58(62)68(83(31,32)33)84(34,35)36/h37-48,63-68H,1-36H3. The maximum absolute atomic E-state index is 2.93. The van der Waals surface area contributed by atoms with Gasteiger partial charge in [-0.05, 0) is 117 Å². The highest BCUT2D eigenvalue weighted by molar-refractivity contribution is 7.92. The fraction of sp³-hybridized carbons (Fsp3) is 0.618. The molecule has 466 valence electrons. The Morgan fingerprint density at radius 1 is 0.202 bits per heavy atom. The summed E-state index contributed by atoms with van der Waals surface area (Å²) >= 11 is 0. The lowest BCUT2D eigenvalue weighted by molar-refractivity contribution is 1.10. The van der Waals surface area contributed by atoms with E-state index in [2.05, 4.69) is 308 Å². The van der Waals surface area contributed by atoms with Gasteiger partial charge in [0.05, 0.1) is 0 Å². The summed E-state index contributed by atoms with van der Waals surface area (Å²) in [5.41, 5.74) is 10.7. The van der Waals surface area contributed by atoms with E-state index in [0.717, 1.165) is 0 Å². The zero-order chi connectivity index (χ0) is 64.9. The Kier molecular flexibility index (Phi) is 23.0. The van der Waals surface area contributed by atoms with Crippen LogP contribution < -0.4 is 21.2 Å². The van der Waals surface area contributed by atoms with Crippen molar-refractivity contribution in [2.24, 2.45) is 0 Å². The van der Waals surface area contributed by atoms with Crippen LogP contribution in [0.4, 0.5) is 0 Å². The molecule has 0 aromatic heterocycles. The average Bonchev–Trinajstić information content (AvgIpc) is 0.824. The van der Waals surface area contributed by atoms with Crippen LogP contribution in [0.3, 0.4) is 0 Å². The van der Waals surface area contributed by atoms with Crippen LogP contribution in [0.1, 0.15) is 64.4 Å². The minimum absolute atomic E-state index is 0.673. The Labute approximate surface area is 539 Å². The summed E-state index contributed by atoms with van der Waals surface area (Å²) < 4.78 is 0. The molecule has 84 heavy (non-hydrogen) atoms. The SMILES string of the molecule is C[Si](C)(C)C(c1cc(C([Si](C)(C)C)[Si](C)(C)C)c(P=Pc2c3ccccc3c(P=Pc3c(C([Si](C)(C)C)[Si](C)(C)C)cc(C([Si](C)(C)C)[Si](C)(C)C)cc3C([Si](C)(C)C)[Si](C)(C)C)c3ccccc23)c(C([Si](C)(C)C)[Si](C)(C)C)c1)[Si](C)(C)C. The molecule has 0 aliphatic heterocycles. The summed E-state index contributed by atoms with van der Waals surface area (Å²) in [6.07, 6.45) is 0. The van der Waals surface area contributed by atoms with Crippen molar-refractivity contribution in [1.29, 1.82) is 0 Å². The van der Waals surface area contributed by atoms with E-state index in [9.17, 15) is 0 Å². The molecule has 5 rings (SSSR count). The normalized spacial score (nSPS) is 15.0. The zero-order valence-electron chi connectivity index (χ0n) is 61.2. The van der Waals surface area contributed by atoms with Crippen LogP contribution >= 0.6 is 31.5 Å². The molecule has 0 fully saturated rings. The molecule has 16 heteroatoms. The number of rotatable bonds is 22. The van der Waals surface area contributed by atoms with E-state index in [1.54, 1.807) is 54.6 Å². The molecule has 0 bridgehead atoms. The molecule has 0 radical (unpaired) electrons. The van der Waals surface area contributed by atoms with Crippen molar-refractivity contribution in [1.82, 2.24) is 0 Å². The number of hydrogen-bond acceptors (Lipinski definition) is 0. The van der Waals surface area contributed by atoms with E-state index in [4.69, 9.17) is 0 Å². The van der Waals surface area contributed by atoms with Crippen LogP contribution in [0.15, 0.2) is 72.8 Å². The summed E-state index contributed by atoms with van der Waals surface area (Å²) in [4.78, 5) is 0. The molecule has 5 aromatic rings. The van der Waals surface area contributed by atoms with E-state index < -0.39 is 96.9 Å². The van der Waals surface area contributed by atoms with Crippen LogP contribution in [0.25, 0.3) is 21.5 Å². The van der Waals surface area contributed by atoms with E-state index >= 15 is 0 Å². The second kappa shape index (κ2) is 25.7. The van der Waals surface area contributed by atoms with Gasteiger partial charge in [-0.1, -0.05) is 308 Å². The van der Waals surface area contributed by atoms with E-state index in [1.807, 2.05) is 0 Å². The van der Waals surface area contributed by atoms with Crippen molar-refractivity contribution >= 4 is 171 Å². The van der Waals surface area contributed by atoms with Gasteiger partial charge >= 0.3 is 0 Å². The minimum Gasteiger partial charge on any atom is -0.0693 e. The van der Waals surface area contributed by atoms with Gasteiger partial charge in [0.15, 0.2) is 0 Å². The van der Waals surface area contributed by atoms with Crippen LogP contribution in [0, 0.1) is 0 Å². The lowest BCUT2D eigenvalue weighted by Crippen LogP contribution is -2.51. The number of fused-ring (bicyclic) bond motifs is 2. The predicted molar refractivity (Wildman–Crippen MR) is 437 cm³/mol. The van der Waals surface area contributed by atoms with Crippen molar-refractivity contribution in [2.45, 2.75) is 267 Å². The summed E-state index contributed by atoms with van der Waals surface area (Å²) in [6.45, 7) is 97.9. The first-order valence-electron chi connectivity index (χ1n) is 32.5. The quantitative estimate of drug-likeness (QED) is 0.0368. The Hall–Kier alpha value is 0.423. The maximum Gasteiger partial charge on any atom is 0.0493 e. The predicted octanol–water partition coefficient (Wildman–Crippen LogP) is 24.5. The molecule has 0 saturated heterocycles. The van der Waals surface area contributed by atoms with Crippen LogP contribution in [-0.4, -0.2) is 96.9 Å². The molecule has 0 heterocycles. The van der Waals surface area contributed by atoms with Crippen LogP contribution in [0.5, 0.6) is 0 Å². The van der Waals surface area contributed by atoms with Crippen molar-refractivity contribution in [3.63, 3.8) is 0 Å². The molecule has 0 amide bonds. The lowest BCUT2D eigenvalue weighted by Gasteiger charge is -2.45. The number of hydrogen-bond donors (Lipinski definition) is 0. The summed E-state index contributed by atoms with van der Waals surface area (Å²) in [7, 11) is -14.3. The van der Waals surface area contributed by atoms with Gasteiger partial charge in [-0.15, -0.1) is 0 Å². The van der Waals surface area contributed by atoms with Gasteiger partial charge in [0.25, 0.3) is 0 Å². The number of benzene rings is 5. The molecule has 0 N–H and O–H groups in total. The second-order valence-corrected chi connectivity index (χ2v) is 111. The van der Waals surface area contributed by atoms with E-state index in [1.165, 1.54) is 53.0 Å². The Morgan fingerprint density at radius 3 is 0.488 bits per heavy atom. The smallest absolute Gasteiger partial charge is 0.0493 e. The third-order valence-electron chi connectivity index (χ3n) is 18.1. The Balaban J connectivity index is 2.08. The van der Waals surface area contributed by atoms with Gasteiger partial charge in [0.1, 0.15) is 0 Å². The lowest BCUT2D eigenvalue weighted by atomic mass is 10.0. The van der Waals surface area contributed by atoms with E-state index in [-0.39, 0.29) is 0 Å². The fourth-order valence-corrected chi connectivity index (χ4v) is 103. The minimum atomic E-state index is -1.71. The highest BCUT2D eigenvalue weighted by atomic mass is 31.7.